The molecule has 4 nitrogen and oxygen atoms in total. The van der Waals surface area contributed by atoms with Gasteiger partial charge in [0.25, 0.3) is 0 Å². The lowest BCUT2D eigenvalue weighted by Crippen LogP contribution is -2.32. The van der Waals surface area contributed by atoms with Gasteiger partial charge in [0.15, 0.2) is 5.79 Å². The maximum Gasteiger partial charge on any atom is 0.331 e. The quantitative estimate of drug-likeness (QED) is 0.580. The summed E-state index contributed by atoms with van der Waals surface area (Å²) in [5.41, 5.74) is 1.08. The molecule has 19 heavy (non-hydrogen) atoms. The van der Waals surface area contributed by atoms with Crippen LogP contribution in [0.2, 0.25) is 0 Å². The van der Waals surface area contributed by atoms with Gasteiger partial charge in [0.2, 0.25) is 0 Å². The van der Waals surface area contributed by atoms with Gasteiger partial charge in [-0.1, -0.05) is 19.1 Å². The minimum Gasteiger partial charge on any atom is -0.460 e. The van der Waals surface area contributed by atoms with Crippen LogP contribution in [0.4, 0.5) is 0 Å². The van der Waals surface area contributed by atoms with Gasteiger partial charge in [-0.2, -0.15) is 0 Å². The van der Waals surface area contributed by atoms with Crippen molar-refractivity contribution >= 4 is 5.97 Å². The SMILES string of the molecule is CC[C@@H](C)OC(=O)/C=C/C1=CCCC2(C1)OCCO2. The molecule has 0 amide bonds. The standard InChI is InChI=1S/C15H22O4/c1-3-12(2)19-14(16)7-6-13-5-4-8-15(11-13)17-9-10-18-15/h5-7,12H,3-4,8-11H2,1-2H3/b7-6+/t12-/m1/s1. The number of allylic oxidation sites excluding steroid dienone is 2. The Morgan fingerprint density at radius 1 is 1.53 bits per heavy atom. The summed E-state index contributed by atoms with van der Waals surface area (Å²) in [5.74, 6) is -0.738. The smallest absolute Gasteiger partial charge is 0.331 e. The Morgan fingerprint density at radius 3 is 2.95 bits per heavy atom. The van der Waals surface area contributed by atoms with Crippen molar-refractivity contribution in [3.8, 4) is 0 Å². The molecule has 106 valence electrons. The fraction of sp³-hybridized carbons (Fsp3) is 0.667. The second kappa shape index (κ2) is 6.35. The number of ether oxygens (including phenoxy) is 3. The van der Waals surface area contributed by atoms with Crippen LogP contribution in [0.3, 0.4) is 0 Å². The zero-order valence-corrected chi connectivity index (χ0v) is 11.7. The molecule has 1 spiro atoms. The third kappa shape index (κ3) is 3.91. The van der Waals surface area contributed by atoms with Gasteiger partial charge in [0, 0.05) is 18.9 Å². The molecule has 4 heteroatoms. The van der Waals surface area contributed by atoms with E-state index in [1.165, 1.54) is 6.08 Å². The summed E-state index contributed by atoms with van der Waals surface area (Å²) in [4.78, 5) is 11.6. The van der Waals surface area contributed by atoms with Crippen molar-refractivity contribution in [1.82, 2.24) is 0 Å². The third-order valence-corrected chi connectivity index (χ3v) is 3.54. The first kappa shape index (κ1) is 14.3. The first-order valence-electron chi connectivity index (χ1n) is 6.99. The number of hydrogen-bond acceptors (Lipinski definition) is 4. The summed E-state index contributed by atoms with van der Waals surface area (Å²) < 4.78 is 16.6. The first-order chi connectivity index (χ1) is 9.13. The highest BCUT2D eigenvalue weighted by molar-refractivity contribution is 5.82. The molecule has 0 radical (unpaired) electrons. The van der Waals surface area contributed by atoms with E-state index in [4.69, 9.17) is 14.2 Å². The second-order valence-electron chi connectivity index (χ2n) is 5.09. The van der Waals surface area contributed by atoms with E-state index < -0.39 is 5.79 Å². The number of carbonyl (C=O) groups excluding carboxylic acids is 1. The molecule has 0 saturated carbocycles. The van der Waals surface area contributed by atoms with Crippen LogP contribution in [-0.2, 0) is 19.0 Å². The molecule has 2 aliphatic rings. The Balaban J connectivity index is 1.88. The Hall–Kier alpha value is -1.13. The molecule has 1 atom stereocenters. The fourth-order valence-corrected chi connectivity index (χ4v) is 2.32. The topological polar surface area (TPSA) is 44.8 Å². The Bertz CT molecular complexity index is 378. The van der Waals surface area contributed by atoms with E-state index in [9.17, 15) is 4.79 Å². The zero-order valence-electron chi connectivity index (χ0n) is 11.7. The van der Waals surface area contributed by atoms with Crippen molar-refractivity contribution in [3.05, 3.63) is 23.8 Å². The lowest BCUT2D eigenvalue weighted by Gasteiger charge is -2.30. The predicted molar refractivity (Wildman–Crippen MR) is 71.6 cm³/mol. The number of rotatable bonds is 4. The van der Waals surface area contributed by atoms with Gasteiger partial charge in [-0.3, -0.25) is 0 Å². The molecule has 0 bridgehead atoms. The number of carbonyl (C=O) groups is 1. The van der Waals surface area contributed by atoms with Crippen LogP contribution in [0.1, 0.15) is 39.5 Å². The van der Waals surface area contributed by atoms with Gasteiger partial charge in [-0.25, -0.2) is 4.79 Å². The average molecular weight is 266 g/mol. The first-order valence-corrected chi connectivity index (χ1v) is 6.99. The van der Waals surface area contributed by atoms with Crippen LogP contribution in [0, 0.1) is 0 Å². The predicted octanol–water partition coefficient (Wildman–Crippen LogP) is 2.74. The minimum absolute atomic E-state index is 0.0367. The molecular weight excluding hydrogens is 244 g/mol. The third-order valence-electron chi connectivity index (χ3n) is 3.54. The second-order valence-corrected chi connectivity index (χ2v) is 5.09. The van der Waals surface area contributed by atoms with Gasteiger partial charge in [0.05, 0.1) is 19.3 Å². The molecule has 1 aliphatic heterocycles. The molecule has 0 aromatic heterocycles. The van der Waals surface area contributed by atoms with Gasteiger partial charge in [-0.05, 0) is 25.3 Å². The van der Waals surface area contributed by atoms with E-state index in [2.05, 4.69) is 6.08 Å². The minimum atomic E-state index is -0.449. The van der Waals surface area contributed by atoms with Gasteiger partial charge < -0.3 is 14.2 Å². The molecule has 0 aromatic rings. The summed E-state index contributed by atoms with van der Waals surface area (Å²) in [6.45, 7) is 5.20. The molecule has 0 unspecified atom stereocenters. The van der Waals surface area contributed by atoms with Crippen molar-refractivity contribution in [2.24, 2.45) is 0 Å². The lowest BCUT2D eigenvalue weighted by molar-refractivity contribution is -0.162. The molecule has 1 heterocycles. The van der Waals surface area contributed by atoms with Crippen LogP contribution in [0.5, 0.6) is 0 Å². The van der Waals surface area contributed by atoms with E-state index in [1.807, 2.05) is 19.9 Å². The van der Waals surface area contributed by atoms with Crippen molar-refractivity contribution in [1.29, 1.82) is 0 Å². The van der Waals surface area contributed by atoms with Gasteiger partial charge in [-0.15, -0.1) is 0 Å². The normalized spacial score (nSPS) is 23.6. The van der Waals surface area contributed by atoms with E-state index in [-0.39, 0.29) is 12.1 Å². The zero-order chi connectivity index (χ0) is 13.7. The molecule has 2 rings (SSSR count). The van der Waals surface area contributed by atoms with Crippen molar-refractivity contribution in [2.45, 2.75) is 51.4 Å². The van der Waals surface area contributed by atoms with Crippen LogP contribution >= 0.6 is 0 Å². The number of hydrogen-bond donors (Lipinski definition) is 0. The van der Waals surface area contributed by atoms with Crippen LogP contribution in [-0.4, -0.2) is 31.1 Å². The summed E-state index contributed by atoms with van der Waals surface area (Å²) >= 11 is 0. The molecule has 0 N–H and O–H groups in total. The molecule has 1 fully saturated rings. The molecule has 1 saturated heterocycles. The van der Waals surface area contributed by atoms with Crippen LogP contribution in [0.25, 0.3) is 0 Å². The highest BCUT2D eigenvalue weighted by Gasteiger charge is 2.38. The summed E-state index contributed by atoms with van der Waals surface area (Å²) in [5, 5.41) is 0. The van der Waals surface area contributed by atoms with Crippen molar-refractivity contribution in [2.75, 3.05) is 13.2 Å². The largest absolute Gasteiger partial charge is 0.460 e. The van der Waals surface area contributed by atoms with E-state index in [1.54, 1.807) is 0 Å². The monoisotopic (exact) mass is 266 g/mol. The van der Waals surface area contributed by atoms with E-state index >= 15 is 0 Å². The molecule has 0 aromatic carbocycles. The van der Waals surface area contributed by atoms with Crippen LogP contribution in [0.15, 0.2) is 23.8 Å². The summed E-state index contributed by atoms with van der Waals surface area (Å²) in [6, 6.07) is 0. The van der Waals surface area contributed by atoms with Crippen molar-refractivity contribution < 1.29 is 19.0 Å². The van der Waals surface area contributed by atoms with E-state index in [0.29, 0.717) is 19.6 Å². The van der Waals surface area contributed by atoms with Crippen molar-refractivity contribution in [3.63, 3.8) is 0 Å². The van der Waals surface area contributed by atoms with Gasteiger partial charge in [0.1, 0.15) is 0 Å². The highest BCUT2D eigenvalue weighted by atomic mass is 16.7. The maximum atomic E-state index is 11.6. The Labute approximate surface area is 114 Å². The lowest BCUT2D eigenvalue weighted by atomic mass is 9.93. The van der Waals surface area contributed by atoms with Gasteiger partial charge >= 0.3 is 5.97 Å². The van der Waals surface area contributed by atoms with Crippen LogP contribution < -0.4 is 0 Å². The average Bonchev–Trinajstić information content (AvgIpc) is 2.84. The Morgan fingerprint density at radius 2 is 2.26 bits per heavy atom. The maximum absolute atomic E-state index is 11.6. The number of esters is 1. The molecular formula is C15H22O4. The van der Waals surface area contributed by atoms with E-state index in [0.717, 1.165) is 24.8 Å². The Kier molecular flexibility index (Phi) is 4.77. The molecule has 1 aliphatic carbocycles. The highest BCUT2D eigenvalue weighted by Crippen LogP contribution is 2.36. The fourth-order valence-electron chi connectivity index (χ4n) is 2.32. The summed E-state index contributed by atoms with van der Waals surface area (Å²) in [6.07, 6.45) is 8.74. The summed E-state index contributed by atoms with van der Waals surface area (Å²) in [7, 11) is 0.